The SMILES string of the molecule is OB(O)c1cccc(F)c1C1CC1. The van der Waals surface area contributed by atoms with Crippen LogP contribution in [0.15, 0.2) is 18.2 Å². The zero-order valence-electron chi connectivity index (χ0n) is 7.07. The van der Waals surface area contributed by atoms with E-state index >= 15 is 0 Å². The van der Waals surface area contributed by atoms with Gasteiger partial charge in [-0.25, -0.2) is 4.39 Å². The summed E-state index contributed by atoms with van der Waals surface area (Å²) in [4.78, 5) is 0. The Morgan fingerprint density at radius 3 is 2.54 bits per heavy atom. The Hall–Kier alpha value is -0.865. The number of hydrogen-bond acceptors (Lipinski definition) is 2. The first-order valence-electron chi connectivity index (χ1n) is 4.34. The predicted molar refractivity (Wildman–Crippen MR) is 48.2 cm³/mol. The average Bonchev–Trinajstić information content (AvgIpc) is 2.86. The molecule has 13 heavy (non-hydrogen) atoms. The highest BCUT2D eigenvalue weighted by Gasteiger charge is 2.31. The molecule has 68 valence electrons. The Bertz CT molecular complexity index is 323. The first kappa shape index (κ1) is 8.72. The van der Waals surface area contributed by atoms with Crippen LogP contribution >= 0.6 is 0 Å². The van der Waals surface area contributed by atoms with Crippen LogP contribution in [-0.2, 0) is 0 Å². The van der Waals surface area contributed by atoms with Gasteiger partial charge in [0, 0.05) is 0 Å². The first-order chi connectivity index (χ1) is 6.20. The maximum absolute atomic E-state index is 13.3. The quantitative estimate of drug-likeness (QED) is 0.646. The molecule has 0 spiro atoms. The Kier molecular flexibility index (Phi) is 2.10. The minimum absolute atomic E-state index is 0.193. The van der Waals surface area contributed by atoms with E-state index in [9.17, 15) is 4.39 Å². The molecule has 0 bridgehead atoms. The van der Waals surface area contributed by atoms with Gasteiger partial charge in [-0.1, -0.05) is 12.1 Å². The van der Waals surface area contributed by atoms with E-state index in [0.717, 1.165) is 12.8 Å². The van der Waals surface area contributed by atoms with Crippen molar-refractivity contribution in [2.75, 3.05) is 0 Å². The molecule has 1 aromatic carbocycles. The number of rotatable bonds is 2. The number of halogens is 1. The van der Waals surface area contributed by atoms with E-state index in [-0.39, 0.29) is 11.7 Å². The van der Waals surface area contributed by atoms with Gasteiger partial charge in [-0.2, -0.15) is 0 Å². The summed E-state index contributed by atoms with van der Waals surface area (Å²) in [6, 6.07) is 4.41. The summed E-state index contributed by atoms with van der Waals surface area (Å²) in [5.41, 5.74) is 0.792. The van der Waals surface area contributed by atoms with E-state index < -0.39 is 7.12 Å². The molecule has 1 aromatic rings. The van der Waals surface area contributed by atoms with E-state index in [0.29, 0.717) is 11.0 Å². The lowest BCUT2D eigenvalue weighted by atomic mass is 9.75. The van der Waals surface area contributed by atoms with Crippen LogP contribution < -0.4 is 5.46 Å². The third kappa shape index (κ3) is 1.60. The second-order valence-corrected chi connectivity index (χ2v) is 3.39. The molecule has 1 fully saturated rings. The van der Waals surface area contributed by atoms with Gasteiger partial charge in [0.05, 0.1) is 0 Å². The van der Waals surface area contributed by atoms with Gasteiger partial charge in [-0.15, -0.1) is 0 Å². The zero-order chi connectivity index (χ0) is 9.42. The third-order valence-corrected chi connectivity index (χ3v) is 2.35. The summed E-state index contributed by atoms with van der Waals surface area (Å²) in [7, 11) is -1.56. The average molecular weight is 180 g/mol. The Labute approximate surface area is 76.2 Å². The van der Waals surface area contributed by atoms with Crippen molar-refractivity contribution in [1.29, 1.82) is 0 Å². The molecule has 0 heterocycles. The van der Waals surface area contributed by atoms with Crippen molar-refractivity contribution in [3.8, 4) is 0 Å². The normalized spacial score (nSPS) is 15.9. The zero-order valence-corrected chi connectivity index (χ0v) is 7.07. The summed E-state index contributed by atoms with van der Waals surface area (Å²) in [6.07, 6.45) is 1.89. The molecule has 2 N–H and O–H groups in total. The van der Waals surface area contributed by atoms with Gasteiger partial charge in [-0.3, -0.25) is 0 Å². The summed E-state index contributed by atoms with van der Waals surface area (Å²) in [6.45, 7) is 0. The van der Waals surface area contributed by atoms with E-state index in [1.54, 1.807) is 6.07 Å². The number of benzene rings is 1. The summed E-state index contributed by atoms with van der Waals surface area (Å²) in [5, 5.41) is 18.0. The highest BCUT2D eigenvalue weighted by Crippen LogP contribution is 2.40. The molecule has 1 aliphatic carbocycles. The highest BCUT2D eigenvalue weighted by molar-refractivity contribution is 6.59. The van der Waals surface area contributed by atoms with Crippen molar-refractivity contribution >= 4 is 12.6 Å². The van der Waals surface area contributed by atoms with E-state index in [1.807, 2.05) is 0 Å². The smallest absolute Gasteiger partial charge is 0.423 e. The van der Waals surface area contributed by atoms with E-state index in [2.05, 4.69) is 0 Å². The largest absolute Gasteiger partial charge is 0.488 e. The van der Waals surface area contributed by atoms with Crippen molar-refractivity contribution in [1.82, 2.24) is 0 Å². The van der Waals surface area contributed by atoms with Crippen LogP contribution in [0.1, 0.15) is 24.3 Å². The van der Waals surface area contributed by atoms with Crippen LogP contribution in [0.3, 0.4) is 0 Å². The summed E-state index contributed by atoms with van der Waals surface area (Å²) in [5.74, 6) is -0.133. The van der Waals surface area contributed by atoms with Crippen LogP contribution in [0.2, 0.25) is 0 Å². The topological polar surface area (TPSA) is 40.5 Å². The molecule has 0 saturated heterocycles. The molecular weight excluding hydrogens is 170 g/mol. The van der Waals surface area contributed by atoms with Crippen LogP contribution in [0.4, 0.5) is 4.39 Å². The summed E-state index contributed by atoms with van der Waals surface area (Å²) < 4.78 is 13.3. The molecule has 0 unspecified atom stereocenters. The molecule has 0 aromatic heterocycles. The molecule has 1 aliphatic rings. The fourth-order valence-corrected chi connectivity index (χ4v) is 1.58. The fraction of sp³-hybridized carbons (Fsp3) is 0.333. The van der Waals surface area contributed by atoms with Crippen molar-refractivity contribution in [3.63, 3.8) is 0 Å². The molecule has 0 aliphatic heterocycles. The van der Waals surface area contributed by atoms with E-state index in [4.69, 9.17) is 10.0 Å². The molecule has 2 nitrogen and oxygen atoms in total. The second kappa shape index (κ2) is 3.12. The molecular formula is C9H10BFO2. The van der Waals surface area contributed by atoms with Gasteiger partial charge in [0.1, 0.15) is 5.82 Å². The standard InChI is InChI=1S/C9H10BFO2/c11-8-3-1-2-7(10(12)13)9(8)6-4-5-6/h1-3,6,12-13H,4-5H2. The minimum Gasteiger partial charge on any atom is -0.423 e. The van der Waals surface area contributed by atoms with Crippen molar-refractivity contribution in [3.05, 3.63) is 29.6 Å². The van der Waals surface area contributed by atoms with Gasteiger partial charge in [0.2, 0.25) is 0 Å². The number of hydrogen-bond donors (Lipinski definition) is 2. The van der Waals surface area contributed by atoms with Gasteiger partial charge in [0.25, 0.3) is 0 Å². The Balaban J connectivity index is 2.47. The monoisotopic (exact) mass is 180 g/mol. The first-order valence-corrected chi connectivity index (χ1v) is 4.34. The van der Waals surface area contributed by atoms with Gasteiger partial charge >= 0.3 is 7.12 Å². The molecule has 0 atom stereocenters. The Morgan fingerprint density at radius 1 is 1.31 bits per heavy atom. The molecule has 0 radical (unpaired) electrons. The van der Waals surface area contributed by atoms with Gasteiger partial charge < -0.3 is 10.0 Å². The van der Waals surface area contributed by atoms with Crippen LogP contribution in [0.25, 0.3) is 0 Å². The molecule has 4 heteroatoms. The van der Waals surface area contributed by atoms with Crippen molar-refractivity contribution < 1.29 is 14.4 Å². The highest BCUT2D eigenvalue weighted by atomic mass is 19.1. The molecule has 2 rings (SSSR count). The second-order valence-electron chi connectivity index (χ2n) is 3.39. The van der Waals surface area contributed by atoms with Gasteiger partial charge in [0.15, 0.2) is 0 Å². The maximum atomic E-state index is 13.3. The van der Waals surface area contributed by atoms with Gasteiger partial charge in [-0.05, 0) is 35.9 Å². The van der Waals surface area contributed by atoms with Crippen LogP contribution in [0.5, 0.6) is 0 Å². The summed E-state index contributed by atoms with van der Waals surface area (Å²) >= 11 is 0. The molecule has 1 saturated carbocycles. The Morgan fingerprint density at radius 2 is 2.00 bits per heavy atom. The lowest BCUT2D eigenvalue weighted by molar-refractivity contribution is 0.424. The van der Waals surface area contributed by atoms with Crippen LogP contribution in [-0.4, -0.2) is 17.2 Å². The predicted octanol–water partition coefficient (Wildman–Crippen LogP) is 0.383. The van der Waals surface area contributed by atoms with Crippen LogP contribution in [0, 0.1) is 5.82 Å². The van der Waals surface area contributed by atoms with Crippen molar-refractivity contribution in [2.45, 2.75) is 18.8 Å². The van der Waals surface area contributed by atoms with E-state index in [1.165, 1.54) is 12.1 Å². The fourth-order valence-electron chi connectivity index (χ4n) is 1.58. The minimum atomic E-state index is -1.56. The third-order valence-electron chi connectivity index (χ3n) is 2.35. The lowest BCUT2D eigenvalue weighted by Gasteiger charge is -2.08. The molecule has 0 amide bonds. The van der Waals surface area contributed by atoms with Crippen molar-refractivity contribution in [2.24, 2.45) is 0 Å². The lowest BCUT2D eigenvalue weighted by Crippen LogP contribution is -2.33. The maximum Gasteiger partial charge on any atom is 0.488 e.